The molecule has 0 unspecified atom stereocenters. The van der Waals surface area contributed by atoms with Crippen LogP contribution in [-0.4, -0.2) is 42.3 Å². The van der Waals surface area contributed by atoms with Crippen LogP contribution in [0.2, 0.25) is 0 Å². The molecule has 0 bridgehead atoms. The standard InChI is InChI=1S/C28H37N3O3S/c1-27(2,3)34-26(32)31-15-9-12-22(28(31,29)21-10-7-6-8-11-21)16-20-17-23-19(18-24(20)33-5)13-14-25(35)30(23)4/h6-8,10-11,17-18,22H,9,12-16,29H2,1-5H3/t22-,28+/m0/s1. The number of amides is 1. The van der Waals surface area contributed by atoms with E-state index < -0.39 is 11.3 Å². The Kier molecular flexibility index (Phi) is 7.11. The number of thiocarbonyl (C=S) groups is 1. The summed E-state index contributed by atoms with van der Waals surface area (Å²) in [6, 6.07) is 14.2. The molecule has 6 nitrogen and oxygen atoms in total. The van der Waals surface area contributed by atoms with Gasteiger partial charge in [-0.1, -0.05) is 42.5 Å². The molecule has 2 atom stereocenters. The molecule has 1 saturated heterocycles. The summed E-state index contributed by atoms with van der Waals surface area (Å²) in [5, 5.41) is 0. The molecule has 1 amide bonds. The normalized spacial score (nSPS) is 22.6. The highest BCUT2D eigenvalue weighted by molar-refractivity contribution is 7.80. The van der Waals surface area contributed by atoms with Gasteiger partial charge >= 0.3 is 6.09 Å². The second kappa shape index (κ2) is 9.78. The van der Waals surface area contributed by atoms with Gasteiger partial charge in [-0.05, 0) is 75.3 Å². The van der Waals surface area contributed by atoms with Crippen molar-refractivity contribution in [3.05, 3.63) is 59.2 Å². The van der Waals surface area contributed by atoms with Crippen molar-refractivity contribution in [2.75, 3.05) is 25.6 Å². The molecule has 0 radical (unpaired) electrons. The third-order valence-electron chi connectivity index (χ3n) is 7.15. The molecule has 2 heterocycles. The molecule has 2 N–H and O–H groups in total. The lowest BCUT2D eigenvalue weighted by Gasteiger charge is -2.50. The van der Waals surface area contributed by atoms with Gasteiger partial charge in [-0.25, -0.2) is 4.79 Å². The number of fused-ring (bicyclic) bond motifs is 1. The third-order valence-corrected chi connectivity index (χ3v) is 7.62. The van der Waals surface area contributed by atoms with Gasteiger partial charge in [0, 0.05) is 31.6 Å². The van der Waals surface area contributed by atoms with E-state index in [0.717, 1.165) is 53.2 Å². The fourth-order valence-electron chi connectivity index (χ4n) is 5.36. The number of benzene rings is 2. The number of carbonyl (C=O) groups excluding carboxylic acids is 1. The second-order valence-electron chi connectivity index (χ2n) is 10.6. The number of hydrogen-bond donors (Lipinski definition) is 1. The van der Waals surface area contributed by atoms with Gasteiger partial charge < -0.3 is 20.1 Å². The molecule has 188 valence electrons. The first-order chi connectivity index (χ1) is 16.5. The summed E-state index contributed by atoms with van der Waals surface area (Å²) in [5.41, 5.74) is 10.00. The summed E-state index contributed by atoms with van der Waals surface area (Å²) in [6.07, 6.45) is 3.81. The quantitative estimate of drug-likeness (QED) is 0.573. The minimum Gasteiger partial charge on any atom is -0.496 e. The monoisotopic (exact) mass is 495 g/mol. The Morgan fingerprint density at radius 3 is 2.57 bits per heavy atom. The smallest absolute Gasteiger partial charge is 0.412 e. The SMILES string of the molecule is COc1cc2c(cc1C[C@@H]1CCCN(C(=O)OC(C)(C)C)[C@]1(N)c1ccccc1)N(C)C(=S)CC2. The van der Waals surface area contributed by atoms with Gasteiger partial charge in [-0.15, -0.1) is 0 Å². The molecule has 0 spiro atoms. The van der Waals surface area contributed by atoms with Crippen LogP contribution in [0.15, 0.2) is 42.5 Å². The van der Waals surface area contributed by atoms with Gasteiger partial charge in [-0.2, -0.15) is 0 Å². The maximum absolute atomic E-state index is 13.4. The Morgan fingerprint density at radius 2 is 1.91 bits per heavy atom. The molecule has 2 aliphatic rings. The Bertz CT molecular complexity index is 1100. The van der Waals surface area contributed by atoms with E-state index in [1.807, 2.05) is 58.2 Å². The van der Waals surface area contributed by atoms with Crippen LogP contribution in [0.1, 0.15) is 56.7 Å². The fourth-order valence-corrected chi connectivity index (χ4v) is 5.56. The lowest BCUT2D eigenvalue weighted by atomic mass is 9.75. The predicted molar refractivity (Wildman–Crippen MR) is 144 cm³/mol. The zero-order chi connectivity index (χ0) is 25.4. The van der Waals surface area contributed by atoms with Crippen molar-refractivity contribution in [2.45, 2.75) is 64.1 Å². The molecule has 2 aliphatic heterocycles. The van der Waals surface area contributed by atoms with Crippen LogP contribution in [0, 0.1) is 5.92 Å². The number of nitrogens with two attached hydrogens (primary N) is 1. The molecule has 35 heavy (non-hydrogen) atoms. The van der Waals surface area contributed by atoms with E-state index in [9.17, 15) is 4.79 Å². The van der Waals surface area contributed by atoms with Crippen molar-refractivity contribution in [1.29, 1.82) is 0 Å². The minimum absolute atomic E-state index is 0.0287. The lowest BCUT2D eigenvalue weighted by molar-refractivity contribution is -0.0384. The Labute approximate surface area is 214 Å². The predicted octanol–water partition coefficient (Wildman–Crippen LogP) is 5.41. The maximum Gasteiger partial charge on any atom is 0.412 e. The van der Waals surface area contributed by atoms with E-state index in [1.54, 1.807) is 12.0 Å². The van der Waals surface area contributed by atoms with E-state index in [2.05, 4.69) is 17.0 Å². The van der Waals surface area contributed by atoms with Crippen LogP contribution in [0.5, 0.6) is 5.75 Å². The zero-order valence-corrected chi connectivity index (χ0v) is 22.3. The summed E-state index contributed by atoms with van der Waals surface area (Å²) in [6.45, 7) is 6.19. The van der Waals surface area contributed by atoms with Gasteiger partial charge in [0.25, 0.3) is 0 Å². The minimum atomic E-state index is -1.01. The lowest BCUT2D eigenvalue weighted by Crippen LogP contribution is -2.63. The third kappa shape index (κ3) is 5.02. The molecule has 2 aromatic carbocycles. The van der Waals surface area contributed by atoms with Gasteiger partial charge in [0.05, 0.1) is 12.1 Å². The Morgan fingerprint density at radius 1 is 1.20 bits per heavy atom. The Balaban J connectivity index is 1.75. The molecular weight excluding hydrogens is 458 g/mol. The molecule has 0 saturated carbocycles. The van der Waals surface area contributed by atoms with Gasteiger partial charge in [0.15, 0.2) is 0 Å². The van der Waals surface area contributed by atoms with Crippen molar-refractivity contribution < 1.29 is 14.3 Å². The van der Waals surface area contributed by atoms with Crippen LogP contribution in [-0.2, 0) is 23.2 Å². The Hall–Kier alpha value is -2.64. The molecule has 4 rings (SSSR count). The van der Waals surface area contributed by atoms with E-state index >= 15 is 0 Å². The topological polar surface area (TPSA) is 68.0 Å². The van der Waals surface area contributed by atoms with E-state index in [-0.39, 0.29) is 12.0 Å². The summed E-state index contributed by atoms with van der Waals surface area (Å²) >= 11 is 5.57. The van der Waals surface area contributed by atoms with Crippen molar-refractivity contribution in [2.24, 2.45) is 11.7 Å². The first-order valence-electron chi connectivity index (χ1n) is 12.4. The van der Waals surface area contributed by atoms with E-state index in [4.69, 9.17) is 27.4 Å². The number of methoxy groups -OCH3 is 1. The highest BCUT2D eigenvalue weighted by atomic mass is 32.1. The number of rotatable bonds is 4. The fraction of sp³-hybridized carbons (Fsp3) is 0.500. The summed E-state index contributed by atoms with van der Waals surface area (Å²) in [7, 11) is 3.74. The largest absolute Gasteiger partial charge is 0.496 e. The van der Waals surface area contributed by atoms with Crippen LogP contribution in [0.25, 0.3) is 0 Å². The summed E-state index contributed by atoms with van der Waals surface area (Å²) < 4.78 is 11.6. The number of ether oxygens (including phenoxy) is 2. The number of likely N-dealkylation sites (tertiary alicyclic amines) is 1. The molecule has 0 aliphatic carbocycles. The molecular formula is C28H37N3O3S. The van der Waals surface area contributed by atoms with Crippen LogP contribution in [0.4, 0.5) is 10.5 Å². The van der Waals surface area contributed by atoms with Gasteiger partial charge in [-0.3, -0.25) is 4.90 Å². The zero-order valence-electron chi connectivity index (χ0n) is 21.5. The van der Waals surface area contributed by atoms with Gasteiger partial charge in [0.2, 0.25) is 0 Å². The summed E-state index contributed by atoms with van der Waals surface area (Å²) in [4.78, 5) is 18.1. The first kappa shape index (κ1) is 25.5. The first-order valence-corrected chi connectivity index (χ1v) is 12.8. The second-order valence-corrected chi connectivity index (χ2v) is 11.1. The highest BCUT2D eigenvalue weighted by Gasteiger charge is 2.48. The van der Waals surface area contributed by atoms with Crippen LogP contribution >= 0.6 is 12.2 Å². The number of hydrogen-bond acceptors (Lipinski definition) is 5. The molecule has 2 aromatic rings. The average Bonchev–Trinajstić information content (AvgIpc) is 2.82. The van der Waals surface area contributed by atoms with Crippen LogP contribution < -0.4 is 15.4 Å². The number of piperidine rings is 1. The van der Waals surface area contributed by atoms with E-state index in [1.165, 1.54) is 5.56 Å². The summed E-state index contributed by atoms with van der Waals surface area (Å²) in [5.74, 6) is 0.828. The van der Waals surface area contributed by atoms with Crippen molar-refractivity contribution >= 4 is 29.0 Å². The van der Waals surface area contributed by atoms with Crippen LogP contribution in [0.3, 0.4) is 0 Å². The van der Waals surface area contributed by atoms with Crippen molar-refractivity contribution in [3.63, 3.8) is 0 Å². The number of anilines is 1. The van der Waals surface area contributed by atoms with Crippen molar-refractivity contribution in [1.82, 2.24) is 4.90 Å². The molecule has 1 fully saturated rings. The molecule has 0 aromatic heterocycles. The highest BCUT2D eigenvalue weighted by Crippen LogP contribution is 2.43. The molecule has 7 heteroatoms. The van der Waals surface area contributed by atoms with Gasteiger partial charge in [0.1, 0.15) is 17.0 Å². The van der Waals surface area contributed by atoms with Crippen molar-refractivity contribution in [3.8, 4) is 5.75 Å². The van der Waals surface area contributed by atoms with E-state index in [0.29, 0.717) is 13.0 Å². The average molecular weight is 496 g/mol. The number of nitrogens with zero attached hydrogens (tertiary/aromatic N) is 2. The maximum atomic E-state index is 13.4. The number of aryl methyl sites for hydroxylation is 1. The number of carbonyl (C=O) groups is 1.